The van der Waals surface area contributed by atoms with E-state index in [-0.39, 0.29) is 17.9 Å². The molecule has 2 atom stereocenters. The Labute approximate surface area is 220 Å². The summed E-state index contributed by atoms with van der Waals surface area (Å²) in [5.41, 5.74) is 3.16. The molecule has 10 heteroatoms. The average molecular weight is 520 g/mol. The average Bonchev–Trinajstić information content (AvgIpc) is 3.83. The Kier molecular flexibility index (Phi) is 5.32. The van der Waals surface area contributed by atoms with Crippen molar-refractivity contribution < 1.29 is 9.59 Å². The van der Waals surface area contributed by atoms with Gasteiger partial charge in [0.15, 0.2) is 0 Å². The molecule has 0 bridgehead atoms. The molecule has 37 heavy (non-hydrogen) atoms. The molecule has 4 aliphatic carbocycles. The van der Waals surface area contributed by atoms with Crippen LogP contribution < -0.4 is 10.6 Å². The van der Waals surface area contributed by atoms with Gasteiger partial charge in [-0.05, 0) is 75.2 Å². The van der Waals surface area contributed by atoms with Gasteiger partial charge in [-0.2, -0.15) is 5.10 Å². The smallest absolute Gasteiger partial charge is 0.252 e. The number of thiophene rings is 1. The van der Waals surface area contributed by atoms with Crippen molar-refractivity contribution in [3.8, 4) is 0 Å². The number of rotatable bonds is 9. The number of aromatic nitrogens is 5. The third-order valence-electron chi connectivity index (χ3n) is 8.80. The van der Waals surface area contributed by atoms with Crippen LogP contribution in [0.2, 0.25) is 0 Å². The first-order valence-corrected chi connectivity index (χ1v) is 14.3. The molecule has 194 valence electrons. The van der Waals surface area contributed by atoms with E-state index >= 15 is 0 Å². The van der Waals surface area contributed by atoms with Gasteiger partial charge >= 0.3 is 0 Å². The lowest BCUT2D eigenvalue weighted by atomic mass is 9.89. The molecule has 0 unspecified atom stereocenters. The van der Waals surface area contributed by atoms with Crippen LogP contribution in [0.5, 0.6) is 0 Å². The predicted octanol–water partition coefficient (Wildman–Crippen LogP) is 3.91. The molecular weight excluding hydrogens is 486 g/mol. The summed E-state index contributed by atoms with van der Waals surface area (Å²) in [4.78, 5) is 28.9. The summed E-state index contributed by atoms with van der Waals surface area (Å²) < 4.78 is 3.88. The molecule has 1 amide bonds. The number of anilines is 2. The third kappa shape index (κ3) is 4.28. The van der Waals surface area contributed by atoms with Crippen LogP contribution in [0.15, 0.2) is 12.4 Å². The van der Waals surface area contributed by atoms with E-state index in [1.807, 2.05) is 20.0 Å². The first-order chi connectivity index (χ1) is 17.9. The molecular formula is C27H33N7O2S. The summed E-state index contributed by atoms with van der Waals surface area (Å²) in [7, 11) is 1.90. The Balaban J connectivity index is 1.15. The molecule has 1 spiro atoms. The minimum absolute atomic E-state index is 0.00255. The lowest BCUT2D eigenvalue weighted by Gasteiger charge is -2.25. The van der Waals surface area contributed by atoms with Gasteiger partial charge in [0, 0.05) is 47.8 Å². The molecule has 0 aromatic carbocycles. The van der Waals surface area contributed by atoms with Crippen LogP contribution in [0.25, 0.3) is 0 Å². The van der Waals surface area contributed by atoms with Crippen LogP contribution in [0.1, 0.15) is 75.9 Å². The fourth-order valence-electron chi connectivity index (χ4n) is 6.13. The third-order valence-corrected chi connectivity index (χ3v) is 10.1. The number of fused-ring (bicyclic) bond motifs is 1. The largest absolute Gasteiger partial charge is 0.352 e. The molecule has 0 aliphatic heterocycles. The van der Waals surface area contributed by atoms with Gasteiger partial charge in [0.05, 0.1) is 11.3 Å². The van der Waals surface area contributed by atoms with Crippen molar-refractivity contribution in [3.63, 3.8) is 0 Å². The molecule has 0 radical (unpaired) electrons. The molecule has 3 saturated carbocycles. The standard InChI is InChI=1S/C27H33N7O2S/c1-15-9-23(33(2)32-15)30-26-31-29-14-34(26)17-5-6-21-18(10-17)24(25(36)28-13-16-3-4-16)22(37-21)11-20(35)19-12-27(19)7-8-27/h9,14,16-17,19H,3-8,10-13H2,1-2H3,(H,28,36)(H,30,31)/t17-,19+/m0/s1. The zero-order valence-electron chi connectivity index (χ0n) is 21.4. The van der Waals surface area contributed by atoms with E-state index < -0.39 is 0 Å². The number of aryl methyl sites for hydroxylation is 3. The van der Waals surface area contributed by atoms with Crippen molar-refractivity contribution in [1.82, 2.24) is 29.9 Å². The minimum atomic E-state index is -0.00255. The van der Waals surface area contributed by atoms with E-state index in [0.717, 1.165) is 59.7 Å². The van der Waals surface area contributed by atoms with Gasteiger partial charge < -0.3 is 10.6 Å². The number of hydrogen-bond donors (Lipinski definition) is 2. The molecule has 0 saturated heterocycles. The highest BCUT2D eigenvalue weighted by Gasteiger charge is 2.65. The molecule has 3 aromatic heterocycles. The number of amides is 1. The fourth-order valence-corrected chi connectivity index (χ4v) is 7.49. The lowest BCUT2D eigenvalue weighted by Crippen LogP contribution is -2.28. The number of ketones is 1. The highest BCUT2D eigenvalue weighted by molar-refractivity contribution is 7.12. The maximum absolute atomic E-state index is 13.5. The van der Waals surface area contributed by atoms with E-state index in [0.29, 0.717) is 29.5 Å². The summed E-state index contributed by atoms with van der Waals surface area (Å²) in [6.07, 6.45) is 10.6. The highest BCUT2D eigenvalue weighted by Crippen LogP contribution is 2.71. The van der Waals surface area contributed by atoms with Crippen molar-refractivity contribution in [1.29, 1.82) is 0 Å². The molecule has 2 N–H and O–H groups in total. The number of carbonyl (C=O) groups excluding carboxylic acids is 2. The number of hydrogen-bond acceptors (Lipinski definition) is 7. The number of nitrogens with one attached hydrogen (secondary N) is 2. The van der Waals surface area contributed by atoms with Crippen LogP contribution in [0.3, 0.4) is 0 Å². The van der Waals surface area contributed by atoms with Gasteiger partial charge in [-0.3, -0.25) is 18.8 Å². The molecule has 3 heterocycles. The Morgan fingerprint density at radius 2 is 2.08 bits per heavy atom. The molecule has 7 rings (SSSR count). The second-order valence-corrected chi connectivity index (χ2v) is 12.8. The van der Waals surface area contributed by atoms with E-state index in [1.165, 1.54) is 30.6 Å². The Hall–Kier alpha value is -3.01. The lowest BCUT2D eigenvalue weighted by molar-refractivity contribution is -0.119. The van der Waals surface area contributed by atoms with Gasteiger partial charge in [0.2, 0.25) is 5.95 Å². The monoisotopic (exact) mass is 519 g/mol. The highest BCUT2D eigenvalue weighted by atomic mass is 32.1. The number of Topliss-reactive ketones (excluding diaryl/α,β-unsaturated/α-hetero) is 1. The number of carbonyl (C=O) groups is 2. The first kappa shape index (κ1) is 23.1. The predicted molar refractivity (Wildman–Crippen MR) is 140 cm³/mol. The Morgan fingerprint density at radius 3 is 2.78 bits per heavy atom. The molecule has 4 aliphatic rings. The van der Waals surface area contributed by atoms with Crippen LogP contribution in [0.4, 0.5) is 11.8 Å². The topological polar surface area (TPSA) is 107 Å². The maximum atomic E-state index is 13.5. The van der Waals surface area contributed by atoms with Gasteiger partial charge in [-0.15, -0.1) is 21.5 Å². The van der Waals surface area contributed by atoms with E-state index in [9.17, 15) is 9.59 Å². The Bertz CT molecular complexity index is 1390. The van der Waals surface area contributed by atoms with Crippen molar-refractivity contribution in [3.05, 3.63) is 39.0 Å². The van der Waals surface area contributed by atoms with Crippen LogP contribution in [-0.2, 0) is 31.1 Å². The Morgan fingerprint density at radius 1 is 1.24 bits per heavy atom. The van der Waals surface area contributed by atoms with E-state index in [4.69, 9.17) is 0 Å². The first-order valence-electron chi connectivity index (χ1n) is 13.5. The number of nitrogens with zero attached hydrogens (tertiary/aromatic N) is 5. The van der Waals surface area contributed by atoms with Gasteiger partial charge in [0.1, 0.15) is 17.9 Å². The van der Waals surface area contributed by atoms with Crippen LogP contribution >= 0.6 is 11.3 Å². The van der Waals surface area contributed by atoms with Crippen molar-refractivity contribution in [2.24, 2.45) is 24.3 Å². The van der Waals surface area contributed by atoms with Crippen LogP contribution in [0, 0.1) is 24.2 Å². The van der Waals surface area contributed by atoms with Crippen LogP contribution in [-0.4, -0.2) is 42.8 Å². The second kappa shape index (κ2) is 8.51. The van der Waals surface area contributed by atoms with Gasteiger partial charge in [-0.25, -0.2) is 0 Å². The summed E-state index contributed by atoms with van der Waals surface area (Å²) in [6, 6.07) is 2.11. The fraction of sp³-hybridized carbons (Fsp3) is 0.593. The minimum Gasteiger partial charge on any atom is -0.352 e. The summed E-state index contributed by atoms with van der Waals surface area (Å²) in [6.45, 7) is 2.69. The summed E-state index contributed by atoms with van der Waals surface area (Å²) in [5, 5.41) is 19.5. The molecule has 3 fully saturated rings. The maximum Gasteiger partial charge on any atom is 0.252 e. The zero-order chi connectivity index (χ0) is 25.3. The SMILES string of the molecule is Cc1cc(Nc2nncn2[C@H]2CCc3sc(CC(=O)[C@H]4CC45CC5)c(C(=O)NCC4CC4)c3C2)n(C)n1. The van der Waals surface area contributed by atoms with Gasteiger partial charge in [-0.1, -0.05) is 0 Å². The zero-order valence-corrected chi connectivity index (χ0v) is 22.2. The quantitative estimate of drug-likeness (QED) is 0.444. The van der Waals surface area contributed by atoms with Crippen molar-refractivity contribution >= 4 is 34.8 Å². The second-order valence-electron chi connectivity index (χ2n) is 11.6. The van der Waals surface area contributed by atoms with E-state index in [1.54, 1.807) is 22.3 Å². The summed E-state index contributed by atoms with van der Waals surface area (Å²) >= 11 is 1.70. The summed E-state index contributed by atoms with van der Waals surface area (Å²) in [5.74, 6) is 2.69. The van der Waals surface area contributed by atoms with E-state index in [2.05, 4.69) is 30.5 Å². The molecule has 3 aromatic rings. The molecule has 9 nitrogen and oxygen atoms in total. The van der Waals surface area contributed by atoms with Crippen molar-refractivity contribution in [2.75, 3.05) is 11.9 Å². The van der Waals surface area contributed by atoms with Crippen molar-refractivity contribution in [2.45, 2.75) is 70.8 Å². The normalized spacial score (nSPS) is 23.1. The van der Waals surface area contributed by atoms with Gasteiger partial charge in [0.25, 0.3) is 5.91 Å².